The number of rotatable bonds is 7. The van der Waals surface area contributed by atoms with E-state index in [4.69, 9.17) is 21.2 Å². The first-order valence-corrected chi connectivity index (χ1v) is 11.0. The summed E-state index contributed by atoms with van der Waals surface area (Å²) in [5.74, 6) is -0.444. The average Bonchev–Trinajstić information content (AvgIpc) is 3.30. The normalized spacial score (nSPS) is 11.6. The highest BCUT2D eigenvalue weighted by atomic mass is 35.5. The highest BCUT2D eigenvalue weighted by Crippen LogP contribution is 2.39. The van der Waals surface area contributed by atoms with Gasteiger partial charge in [0.15, 0.2) is 0 Å². The smallest absolute Gasteiger partial charge is 0.417 e. The number of hydrogen-bond donors (Lipinski definition) is 1. The van der Waals surface area contributed by atoms with Gasteiger partial charge in [-0.1, -0.05) is 41.0 Å². The molecule has 0 aliphatic heterocycles. The van der Waals surface area contributed by atoms with Gasteiger partial charge in [0.2, 0.25) is 5.82 Å². The van der Waals surface area contributed by atoms with Crippen molar-refractivity contribution in [3.63, 3.8) is 0 Å². The first-order valence-electron chi connectivity index (χ1n) is 10.6. The number of halogens is 4. The number of aromatic nitrogens is 3. The van der Waals surface area contributed by atoms with Crippen molar-refractivity contribution in [3.8, 4) is 34.0 Å². The van der Waals surface area contributed by atoms with Gasteiger partial charge in [0.1, 0.15) is 0 Å². The highest BCUT2D eigenvalue weighted by Gasteiger charge is 2.33. The van der Waals surface area contributed by atoms with Crippen LogP contribution in [-0.2, 0) is 17.4 Å². The van der Waals surface area contributed by atoms with Gasteiger partial charge in [-0.3, -0.25) is 9.78 Å². The van der Waals surface area contributed by atoms with Crippen LogP contribution in [0.4, 0.5) is 13.2 Å². The summed E-state index contributed by atoms with van der Waals surface area (Å²) in [4.78, 5) is 19.3. The molecule has 1 N–H and O–H groups in total. The predicted molar refractivity (Wildman–Crippen MR) is 124 cm³/mol. The average molecular weight is 502 g/mol. The number of pyridine rings is 1. The van der Waals surface area contributed by atoms with E-state index in [0.29, 0.717) is 45.8 Å². The fraction of sp³-hybridized carbons (Fsp3) is 0.200. The zero-order chi connectivity index (χ0) is 25.2. The van der Waals surface area contributed by atoms with Crippen LogP contribution in [0.2, 0.25) is 5.02 Å². The van der Waals surface area contributed by atoms with Crippen molar-refractivity contribution < 1.29 is 27.6 Å². The highest BCUT2D eigenvalue weighted by molar-refractivity contribution is 6.31. The summed E-state index contributed by atoms with van der Waals surface area (Å²) in [7, 11) is 0. The second-order valence-electron chi connectivity index (χ2n) is 7.90. The Morgan fingerprint density at radius 3 is 2.54 bits per heavy atom. The van der Waals surface area contributed by atoms with Gasteiger partial charge in [-0.25, -0.2) is 0 Å². The van der Waals surface area contributed by atoms with E-state index in [-0.39, 0.29) is 23.7 Å². The van der Waals surface area contributed by atoms with Crippen molar-refractivity contribution >= 4 is 17.6 Å². The summed E-state index contributed by atoms with van der Waals surface area (Å²) < 4.78 is 45.7. The number of nitrogens with zero attached hydrogens (tertiary/aromatic N) is 3. The Bertz CT molecular complexity index is 1390. The Morgan fingerprint density at radius 1 is 1.09 bits per heavy atom. The lowest BCUT2D eigenvalue weighted by Crippen LogP contribution is -2.07. The topological polar surface area (TPSA) is 89.1 Å². The SMILES string of the molecule is Cc1cc(-c2nc(-c3cnc(CCCC(=O)O)c(Cl)c3)no2)ccc1-c1ccccc1C(F)(F)F. The quantitative estimate of drug-likeness (QED) is 0.298. The van der Waals surface area contributed by atoms with Crippen LogP contribution in [0.5, 0.6) is 0 Å². The summed E-state index contributed by atoms with van der Waals surface area (Å²) in [6.45, 7) is 1.72. The Kier molecular flexibility index (Phi) is 6.88. The van der Waals surface area contributed by atoms with Crippen LogP contribution in [0.1, 0.15) is 29.7 Å². The maximum atomic E-state index is 13.4. The van der Waals surface area contributed by atoms with Crippen molar-refractivity contribution in [2.45, 2.75) is 32.4 Å². The van der Waals surface area contributed by atoms with Gasteiger partial charge < -0.3 is 9.63 Å². The first kappa shape index (κ1) is 24.4. The Hall–Kier alpha value is -3.72. The molecule has 0 atom stereocenters. The van der Waals surface area contributed by atoms with Crippen LogP contribution in [0, 0.1) is 6.92 Å². The maximum Gasteiger partial charge on any atom is 0.417 e. The minimum absolute atomic E-state index is 0.0218. The summed E-state index contributed by atoms with van der Waals surface area (Å²) in [5.41, 5.74) is 2.11. The summed E-state index contributed by atoms with van der Waals surface area (Å²) in [5, 5.41) is 13.1. The molecule has 0 aliphatic carbocycles. The van der Waals surface area contributed by atoms with E-state index >= 15 is 0 Å². The van der Waals surface area contributed by atoms with Crippen molar-refractivity contribution in [2.75, 3.05) is 0 Å². The summed E-state index contributed by atoms with van der Waals surface area (Å²) in [6.07, 6.45) is -2.08. The van der Waals surface area contributed by atoms with Crippen molar-refractivity contribution in [2.24, 2.45) is 0 Å². The zero-order valence-electron chi connectivity index (χ0n) is 18.4. The Labute approximate surface area is 203 Å². The van der Waals surface area contributed by atoms with Crippen LogP contribution < -0.4 is 0 Å². The van der Waals surface area contributed by atoms with Crippen LogP contribution in [0.25, 0.3) is 34.0 Å². The van der Waals surface area contributed by atoms with E-state index in [0.717, 1.165) is 6.07 Å². The third-order valence-corrected chi connectivity index (χ3v) is 5.73. The molecule has 35 heavy (non-hydrogen) atoms. The molecule has 0 spiro atoms. The second-order valence-corrected chi connectivity index (χ2v) is 8.30. The van der Waals surface area contributed by atoms with E-state index in [9.17, 15) is 18.0 Å². The predicted octanol–water partition coefficient (Wildman–Crippen LogP) is 6.85. The summed E-state index contributed by atoms with van der Waals surface area (Å²) >= 11 is 6.28. The lowest BCUT2D eigenvalue weighted by atomic mass is 9.94. The van der Waals surface area contributed by atoms with E-state index < -0.39 is 17.7 Å². The molecule has 0 fully saturated rings. The number of benzene rings is 2. The number of alkyl halides is 3. The number of aryl methyl sites for hydroxylation is 2. The van der Waals surface area contributed by atoms with E-state index in [1.54, 1.807) is 37.3 Å². The van der Waals surface area contributed by atoms with E-state index in [1.807, 2.05) is 0 Å². The largest absolute Gasteiger partial charge is 0.481 e. The van der Waals surface area contributed by atoms with Crippen LogP contribution >= 0.6 is 11.6 Å². The minimum Gasteiger partial charge on any atom is -0.481 e. The van der Waals surface area contributed by atoms with Gasteiger partial charge in [0.05, 0.1) is 16.3 Å². The monoisotopic (exact) mass is 501 g/mol. The maximum absolute atomic E-state index is 13.4. The molecule has 10 heteroatoms. The number of aliphatic carboxylic acids is 1. The van der Waals surface area contributed by atoms with Gasteiger partial charge in [-0.05, 0) is 60.7 Å². The number of hydrogen-bond acceptors (Lipinski definition) is 5. The number of carbonyl (C=O) groups is 1. The first-order chi connectivity index (χ1) is 16.6. The molecule has 180 valence electrons. The van der Waals surface area contributed by atoms with Gasteiger partial charge >= 0.3 is 12.1 Å². The minimum atomic E-state index is -4.47. The lowest BCUT2D eigenvalue weighted by molar-refractivity contribution is -0.138. The number of carboxylic acids is 1. The fourth-order valence-electron chi connectivity index (χ4n) is 3.70. The molecular weight excluding hydrogens is 483 g/mol. The molecular formula is C25H19ClF3N3O3. The van der Waals surface area contributed by atoms with Gasteiger partial charge in [-0.2, -0.15) is 18.2 Å². The molecule has 0 bridgehead atoms. The fourth-order valence-corrected chi connectivity index (χ4v) is 3.96. The van der Waals surface area contributed by atoms with Gasteiger partial charge in [-0.15, -0.1) is 0 Å². The molecule has 0 amide bonds. The van der Waals surface area contributed by atoms with Crippen molar-refractivity contribution in [1.29, 1.82) is 0 Å². The lowest BCUT2D eigenvalue weighted by Gasteiger charge is -2.14. The Morgan fingerprint density at radius 2 is 1.86 bits per heavy atom. The number of carboxylic acid groups (broad SMARTS) is 1. The van der Waals surface area contributed by atoms with E-state index in [2.05, 4.69) is 15.1 Å². The zero-order valence-corrected chi connectivity index (χ0v) is 19.2. The van der Waals surface area contributed by atoms with Crippen LogP contribution in [-0.4, -0.2) is 26.2 Å². The second kappa shape index (κ2) is 9.87. The molecule has 4 rings (SSSR count). The molecule has 0 unspecified atom stereocenters. The standard InChI is InChI=1S/C25H19ClF3N3O3/c1-14-11-15(9-10-17(14)18-5-2-3-6-19(18)25(27,28)29)24-31-23(32-35-24)16-12-20(26)21(30-13-16)7-4-8-22(33)34/h2-3,5-6,9-13H,4,7-8H2,1H3,(H,33,34). The van der Waals surface area contributed by atoms with Crippen molar-refractivity contribution in [3.05, 3.63) is 76.6 Å². The van der Waals surface area contributed by atoms with Crippen molar-refractivity contribution in [1.82, 2.24) is 15.1 Å². The molecule has 2 aromatic heterocycles. The summed E-state index contributed by atoms with van der Waals surface area (Å²) in [6, 6.07) is 12.0. The molecule has 6 nitrogen and oxygen atoms in total. The van der Waals surface area contributed by atoms with Gasteiger partial charge in [0.25, 0.3) is 5.89 Å². The van der Waals surface area contributed by atoms with Crippen LogP contribution in [0.15, 0.2) is 59.3 Å². The molecule has 2 aromatic carbocycles. The van der Waals surface area contributed by atoms with Crippen LogP contribution in [0.3, 0.4) is 0 Å². The third-order valence-electron chi connectivity index (χ3n) is 5.40. The Balaban J connectivity index is 1.58. The molecule has 0 saturated carbocycles. The molecule has 4 aromatic rings. The van der Waals surface area contributed by atoms with E-state index in [1.165, 1.54) is 18.3 Å². The molecule has 0 radical (unpaired) electrons. The third kappa shape index (κ3) is 5.51. The molecule has 0 saturated heterocycles. The molecule has 0 aliphatic rings. The molecule has 2 heterocycles. The van der Waals surface area contributed by atoms with Gasteiger partial charge in [0, 0.05) is 23.7 Å².